The SMILES string of the molecule is [N-]=[N+]=C(Cc1ccc(C(=O)C(C2CCCCC2)C2CCCCC2)cc1)c1ccccc1. The van der Waals surface area contributed by atoms with Crippen molar-refractivity contribution in [2.24, 2.45) is 17.8 Å². The second-order valence-electron chi connectivity index (χ2n) is 9.47. The molecule has 4 rings (SSSR count). The lowest BCUT2D eigenvalue weighted by Crippen LogP contribution is -2.33. The van der Waals surface area contributed by atoms with E-state index in [2.05, 4.69) is 4.79 Å². The van der Waals surface area contributed by atoms with E-state index in [0.717, 1.165) is 16.7 Å². The molecule has 2 aliphatic rings. The van der Waals surface area contributed by atoms with Crippen LogP contribution >= 0.6 is 0 Å². The summed E-state index contributed by atoms with van der Waals surface area (Å²) in [7, 11) is 0. The van der Waals surface area contributed by atoms with Crippen LogP contribution in [0.2, 0.25) is 0 Å². The molecule has 3 nitrogen and oxygen atoms in total. The molecule has 0 saturated heterocycles. The number of rotatable bonds is 7. The Kier molecular flexibility index (Phi) is 7.48. The first-order chi connectivity index (χ1) is 15.3. The lowest BCUT2D eigenvalue weighted by Gasteiger charge is -2.37. The van der Waals surface area contributed by atoms with Crippen molar-refractivity contribution in [2.75, 3.05) is 0 Å². The van der Waals surface area contributed by atoms with Gasteiger partial charge >= 0.3 is 5.71 Å². The third kappa shape index (κ3) is 5.40. The van der Waals surface area contributed by atoms with E-state index < -0.39 is 0 Å². The summed E-state index contributed by atoms with van der Waals surface area (Å²) in [6, 6.07) is 17.8. The molecule has 3 heteroatoms. The molecule has 2 fully saturated rings. The van der Waals surface area contributed by atoms with E-state index in [0.29, 0.717) is 29.8 Å². The maximum atomic E-state index is 13.7. The standard InChI is InChI=1S/C28H34N2O/c29-30-26(22-10-4-1-5-11-22)20-21-16-18-25(19-17-21)28(31)27(23-12-6-2-7-13-23)24-14-8-3-9-15-24/h1,4-5,10-11,16-19,23-24,27H,2-3,6-9,12-15,20H2. The van der Waals surface area contributed by atoms with Gasteiger partial charge in [-0.1, -0.05) is 81.0 Å². The molecular weight excluding hydrogens is 380 g/mol. The van der Waals surface area contributed by atoms with E-state index >= 15 is 0 Å². The third-order valence-corrected chi connectivity index (χ3v) is 7.46. The van der Waals surface area contributed by atoms with Crippen LogP contribution < -0.4 is 0 Å². The van der Waals surface area contributed by atoms with Gasteiger partial charge in [0.2, 0.25) is 0 Å². The Labute approximate surface area is 186 Å². The highest BCUT2D eigenvalue weighted by molar-refractivity contribution is 5.99. The molecule has 0 bridgehead atoms. The maximum absolute atomic E-state index is 13.7. The van der Waals surface area contributed by atoms with E-state index in [-0.39, 0.29) is 5.92 Å². The first-order valence-corrected chi connectivity index (χ1v) is 12.2. The maximum Gasteiger partial charge on any atom is 0.303 e. The number of carbonyl (C=O) groups is 1. The van der Waals surface area contributed by atoms with Crippen molar-refractivity contribution >= 4 is 11.5 Å². The number of hydrogen-bond donors (Lipinski definition) is 0. The summed E-state index contributed by atoms with van der Waals surface area (Å²) in [6.07, 6.45) is 13.2. The summed E-state index contributed by atoms with van der Waals surface area (Å²) in [5, 5.41) is 0. The molecule has 0 heterocycles. The van der Waals surface area contributed by atoms with E-state index in [1.165, 1.54) is 64.2 Å². The average Bonchev–Trinajstić information content (AvgIpc) is 2.85. The van der Waals surface area contributed by atoms with Gasteiger partial charge in [-0.15, -0.1) is 0 Å². The van der Waals surface area contributed by atoms with Crippen LogP contribution in [0.3, 0.4) is 0 Å². The normalized spacial score (nSPS) is 18.0. The Morgan fingerprint density at radius 3 is 1.84 bits per heavy atom. The van der Waals surface area contributed by atoms with E-state index in [1.807, 2.05) is 54.6 Å². The van der Waals surface area contributed by atoms with Gasteiger partial charge in [0.05, 0.1) is 12.0 Å². The van der Waals surface area contributed by atoms with Gasteiger partial charge < -0.3 is 5.53 Å². The molecule has 31 heavy (non-hydrogen) atoms. The van der Waals surface area contributed by atoms with Crippen LogP contribution in [0.4, 0.5) is 0 Å². The van der Waals surface area contributed by atoms with Gasteiger partial charge in [0.1, 0.15) is 0 Å². The third-order valence-electron chi connectivity index (χ3n) is 7.46. The monoisotopic (exact) mass is 414 g/mol. The fourth-order valence-electron chi connectivity index (χ4n) is 5.80. The topological polar surface area (TPSA) is 53.5 Å². The molecule has 2 aromatic carbocycles. The zero-order valence-electron chi connectivity index (χ0n) is 18.5. The first-order valence-electron chi connectivity index (χ1n) is 12.2. The molecule has 0 atom stereocenters. The Morgan fingerprint density at radius 1 is 0.774 bits per heavy atom. The minimum absolute atomic E-state index is 0.199. The number of carbonyl (C=O) groups excluding carboxylic acids is 1. The molecule has 2 aromatic rings. The molecule has 162 valence electrons. The van der Waals surface area contributed by atoms with Gasteiger partial charge in [0, 0.05) is 11.5 Å². The summed E-state index contributed by atoms with van der Waals surface area (Å²) >= 11 is 0. The van der Waals surface area contributed by atoms with E-state index in [1.54, 1.807) is 0 Å². The van der Waals surface area contributed by atoms with Crippen LogP contribution in [-0.2, 0) is 6.42 Å². The Hall–Kier alpha value is -2.51. The fourth-order valence-corrected chi connectivity index (χ4v) is 5.80. The quantitative estimate of drug-likeness (QED) is 0.210. The van der Waals surface area contributed by atoms with Crippen molar-refractivity contribution in [1.82, 2.24) is 0 Å². The Bertz CT molecular complexity index is 882. The number of Topliss-reactive ketones (excluding diaryl/α,β-unsaturated/α-hetero) is 1. The number of nitrogens with zero attached hydrogens (tertiary/aromatic N) is 2. The molecule has 0 radical (unpaired) electrons. The van der Waals surface area contributed by atoms with Gasteiger partial charge in [-0.2, -0.15) is 4.79 Å². The van der Waals surface area contributed by atoms with Crippen LogP contribution in [-0.4, -0.2) is 16.3 Å². The van der Waals surface area contributed by atoms with Gasteiger partial charge in [0.15, 0.2) is 5.78 Å². The summed E-state index contributed by atoms with van der Waals surface area (Å²) in [5.41, 5.74) is 12.9. The van der Waals surface area contributed by atoms with Gasteiger partial charge in [-0.25, -0.2) is 0 Å². The van der Waals surface area contributed by atoms with Crippen LogP contribution in [0, 0.1) is 17.8 Å². The molecule has 0 aliphatic heterocycles. The molecule has 2 aliphatic carbocycles. The largest absolute Gasteiger partial charge is 0.361 e. The number of benzene rings is 2. The molecule has 0 spiro atoms. The molecule has 0 aromatic heterocycles. The zero-order valence-corrected chi connectivity index (χ0v) is 18.5. The predicted molar refractivity (Wildman–Crippen MR) is 125 cm³/mol. The van der Waals surface area contributed by atoms with E-state index in [4.69, 9.17) is 0 Å². The minimum Gasteiger partial charge on any atom is -0.361 e. The minimum atomic E-state index is 0.199. The van der Waals surface area contributed by atoms with Crippen molar-refractivity contribution in [1.29, 1.82) is 0 Å². The predicted octanol–water partition coefficient (Wildman–Crippen LogP) is 6.91. The molecule has 0 unspecified atom stereocenters. The van der Waals surface area contributed by atoms with Gasteiger partial charge in [-0.3, -0.25) is 4.79 Å². The fraction of sp³-hybridized carbons (Fsp3) is 0.500. The van der Waals surface area contributed by atoms with Crippen molar-refractivity contribution in [3.8, 4) is 0 Å². The summed E-state index contributed by atoms with van der Waals surface area (Å²) < 4.78 is 0. The van der Waals surface area contributed by atoms with Crippen molar-refractivity contribution in [3.05, 3.63) is 76.8 Å². The van der Waals surface area contributed by atoms with Crippen molar-refractivity contribution in [2.45, 2.75) is 70.6 Å². The molecule has 2 saturated carbocycles. The smallest absolute Gasteiger partial charge is 0.303 e. The number of hydrogen-bond acceptors (Lipinski definition) is 1. The molecular formula is C28H34N2O. The lowest BCUT2D eigenvalue weighted by atomic mass is 9.67. The van der Waals surface area contributed by atoms with E-state index in [9.17, 15) is 10.3 Å². The van der Waals surface area contributed by atoms with Crippen LogP contribution in [0.15, 0.2) is 54.6 Å². The van der Waals surface area contributed by atoms with Crippen LogP contribution in [0.25, 0.3) is 5.53 Å². The number of ketones is 1. The van der Waals surface area contributed by atoms with Gasteiger partial charge in [-0.05, 0) is 55.2 Å². The molecule has 0 amide bonds. The van der Waals surface area contributed by atoms with Gasteiger partial charge in [0.25, 0.3) is 0 Å². The van der Waals surface area contributed by atoms with Crippen molar-refractivity contribution in [3.63, 3.8) is 0 Å². The highest BCUT2D eigenvalue weighted by Crippen LogP contribution is 2.41. The summed E-state index contributed by atoms with van der Waals surface area (Å²) in [6.45, 7) is 0. The second kappa shape index (κ2) is 10.7. The second-order valence-corrected chi connectivity index (χ2v) is 9.47. The van der Waals surface area contributed by atoms with Crippen molar-refractivity contribution < 1.29 is 9.58 Å². The van der Waals surface area contributed by atoms with Crippen LogP contribution in [0.5, 0.6) is 0 Å². The average molecular weight is 415 g/mol. The first kappa shape index (κ1) is 21.7. The van der Waals surface area contributed by atoms with Crippen LogP contribution in [0.1, 0.15) is 85.7 Å². The Morgan fingerprint density at radius 2 is 1.32 bits per heavy atom. The summed E-state index contributed by atoms with van der Waals surface area (Å²) in [5.74, 6) is 1.69. The highest BCUT2D eigenvalue weighted by atomic mass is 16.1. The Balaban J connectivity index is 1.50. The zero-order chi connectivity index (χ0) is 21.5. The highest BCUT2D eigenvalue weighted by Gasteiger charge is 2.36. The molecule has 0 N–H and O–H groups in total. The lowest BCUT2D eigenvalue weighted by molar-refractivity contribution is -0.00619. The summed E-state index contributed by atoms with van der Waals surface area (Å²) in [4.78, 5) is 17.2.